The number of likely N-dealkylation sites (tertiary alicyclic amines) is 1. The number of amides is 1. The number of nitrogens with zero attached hydrogens (tertiary/aromatic N) is 2. The number of carbonyl (C=O) groups excluding carboxylic acids is 1. The average molecular weight is 242 g/mol. The van der Waals surface area contributed by atoms with Crippen LogP contribution in [-0.4, -0.2) is 68.1 Å². The zero-order chi connectivity index (χ0) is 12.7. The third-order valence-electron chi connectivity index (χ3n) is 3.35. The molecule has 0 aromatic carbocycles. The predicted molar refractivity (Wildman–Crippen MR) is 69.8 cm³/mol. The SMILES string of the molecule is CCN(C)CCNC(=O)CN1CCC(N)CC1. The predicted octanol–water partition coefficient (Wildman–Crippen LogP) is -0.523. The Kier molecular flexibility index (Phi) is 6.47. The van der Waals surface area contributed by atoms with Gasteiger partial charge >= 0.3 is 0 Å². The summed E-state index contributed by atoms with van der Waals surface area (Å²) in [5.74, 6) is 0.130. The molecule has 1 heterocycles. The van der Waals surface area contributed by atoms with Crippen molar-refractivity contribution in [1.29, 1.82) is 0 Å². The highest BCUT2D eigenvalue weighted by atomic mass is 16.2. The lowest BCUT2D eigenvalue weighted by Gasteiger charge is -2.29. The van der Waals surface area contributed by atoms with Crippen molar-refractivity contribution in [2.45, 2.75) is 25.8 Å². The van der Waals surface area contributed by atoms with Gasteiger partial charge in [0.25, 0.3) is 0 Å². The van der Waals surface area contributed by atoms with E-state index in [0.717, 1.165) is 45.6 Å². The van der Waals surface area contributed by atoms with Crippen LogP contribution in [0.4, 0.5) is 0 Å². The molecule has 0 unspecified atom stereocenters. The van der Waals surface area contributed by atoms with Gasteiger partial charge in [0.05, 0.1) is 6.54 Å². The van der Waals surface area contributed by atoms with Crippen molar-refractivity contribution in [3.8, 4) is 0 Å². The van der Waals surface area contributed by atoms with Crippen molar-refractivity contribution >= 4 is 5.91 Å². The molecule has 5 heteroatoms. The minimum atomic E-state index is 0.130. The lowest BCUT2D eigenvalue weighted by atomic mass is 10.1. The molecular weight excluding hydrogens is 216 g/mol. The number of nitrogens with two attached hydrogens (primary N) is 1. The summed E-state index contributed by atoms with van der Waals surface area (Å²) in [5.41, 5.74) is 5.82. The summed E-state index contributed by atoms with van der Waals surface area (Å²) < 4.78 is 0. The van der Waals surface area contributed by atoms with Crippen molar-refractivity contribution in [2.24, 2.45) is 5.73 Å². The Morgan fingerprint density at radius 1 is 1.47 bits per heavy atom. The molecule has 17 heavy (non-hydrogen) atoms. The third kappa shape index (κ3) is 6.00. The lowest BCUT2D eigenvalue weighted by Crippen LogP contribution is -2.45. The molecule has 0 aromatic heterocycles. The van der Waals surface area contributed by atoms with Crippen molar-refractivity contribution in [1.82, 2.24) is 15.1 Å². The van der Waals surface area contributed by atoms with Crippen molar-refractivity contribution in [3.63, 3.8) is 0 Å². The second kappa shape index (κ2) is 7.63. The van der Waals surface area contributed by atoms with Crippen LogP contribution in [0.25, 0.3) is 0 Å². The molecule has 1 saturated heterocycles. The zero-order valence-corrected chi connectivity index (χ0v) is 11.1. The van der Waals surface area contributed by atoms with Crippen LogP contribution in [-0.2, 0) is 4.79 Å². The van der Waals surface area contributed by atoms with E-state index in [-0.39, 0.29) is 5.91 Å². The molecule has 3 N–H and O–H groups in total. The van der Waals surface area contributed by atoms with Gasteiger partial charge < -0.3 is 16.0 Å². The second-order valence-electron chi connectivity index (χ2n) is 4.86. The number of carbonyl (C=O) groups is 1. The van der Waals surface area contributed by atoms with Crippen LogP contribution in [0.2, 0.25) is 0 Å². The number of hydrogen-bond acceptors (Lipinski definition) is 4. The van der Waals surface area contributed by atoms with E-state index in [4.69, 9.17) is 5.73 Å². The minimum Gasteiger partial charge on any atom is -0.354 e. The number of likely N-dealkylation sites (N-methyl/N-ethyl adjacent to an activating group) is 1. The molecule has 1 fully saturated rings. The molecule has 1 rings (SSSR count). The van der Waals surface area contributed by atoms with Crippen molar-refractivity contribution in [2.75, 3.05) is 46.3 Å². The van der Waals surface area contributed by atoms with Gasteiger partial charge in [-0.3, -0.25) is 9.69 Å². The molecule has 5 nitrogen and oxygen atoms in total. The fourth-order valence-corrected chi connectivity index (χ4v) is 1.91. The van der Waals surface area contributed by atoms with Crippen LogP contribution < -0.4 is 11.1 Å². The fourth-order valence-electron chi connectivity index (χ4n) is 1.91. The zero-order valence-electron chi connectivity index (χ0n) is 11.1. The number of hydrogen-bond donors (Lipinski definition) is 2. The summed E-state index contributed by atoms with van der Waals surface area (Å²) in [5, 5.41) is 2.95. The molecule has 0 spiro atoms. The molecule has 0 saturated carbocycles. The van der Waals surface area contributed by atoms with E-state index in [1.165, 1.54) is 0 Å². The van der Waals surface area contributed by atoms with Gasteiger partial charge in [-0.25, -0.2) is 0 Å². The van der Waals surface area contributed by atoms with E-state index in [1.54, 1.807) is 0 Å². The first-order chi connectivity index (χ1) is 8.11. The Hall–Kier alpha value is -0.650. The van der Waals surface area contributed by atoms with Gasteiger partial charge in [-0.05, 0) is 26.4 Å². The summed E-state index contributed by atoms with van der Waals surface area (Å²) in [4.78, 5) is 16.0. The Bertz CT molecular complexity index is 227. The van der Waals surface area contributed by atoms with Crippen LogP contribution in [0.1, 0.15) is 19.8 Å². The maximum absolute atomic E-state index is 11.7. The topological polar surface area (TPSA) is 61.6 Å². The van der Waals surface area contributed by atoms with E-state index >= 15 is 0 Å². The number of rotatable bonds is 6. The van der Waals surface area contributed by atoms with E-state index < -0.39 is 0 Å². The summed E-state index contributed by atoms with van der Waals surface area (Å²) in [6, 6.07) is 0.326. The first kappa shape index (κ1) is 14.4. The Morgan fingerprint density at radius 3 is 2.71 bits per heavy atom. The van der Waals surface area contributed by atoms with Gasteiger partial charge in [0.15, 0.2) is 0 Å². The third-order valence-corrected chi connectivity index (χ3v) is 3.35. The largest absolute Gasteiger partial charge is 0.354 e. The van der Waals surface area contributed by atoms with Gasteiger partial charge in [-0.1, -0.05) is 6.92 Å². The lowest BCUT2D eigenvalue weighted by molar-refractivity contribution is -0.122. The van der Waals surface area contributed by atoms with Gasteiger partial charge in [-0.2, -0.15) is 0 Å². The summed E-state index contributed by atoms with van der Waals surface area (Å²) in [6.07, 6.45) is 2.01. The van der Waals surface area contributed by atoms with E-state index in [2.05, 4.69) is 29.1 Å². The van der Waals surface area contributed by atoms with Crippen molar-refractivity contribution in [3.05, 3.63) is 0 Å². The van der Waals surface area contributed by atoms with Gasteiger partial charge in [0, 0.05) is 32.2 Å². The molecule has 0 aliphatic carbocycles. The number of nitrogens with one attached hydrogen (secondary N) is 1. The fraction of sp³-hybridized carbons (Fsp3) is 0.917. The molecule has 100 valence electrons. The number of piperidine rings is 1. The molecule has 0 atom stereocenters. The first-order valence-corrected chi connectivity index (χ1v) is 6.55. The highest BCUT2D eigenvalue weighted by Gasteiger charge is 2.17. The van der Waals surface area contributed by atoms with Crippen LogP contribution in [0.3, 0.4) is 0 Å². The van der Waals surface area contributed by atoms with Crippen molar-refractivity contribution < 1.29 is 4.79 Å². The average Bonchev–Trinajstić information content (AvgIpc) is 2.32. The Labute approximate surface area is 104 Å². The van der Waals surface area contributed by atoms with Gasteiger partial charge in [0.2, 0.25) is 5.91 Å². The first-order valence-electron chi connectivity index (χ1n) is 6.55. The molecule has 0 radical (unpaired) electrons. The highest BCUT2D eigenvalue weighted by molar-refractivity contribution is 5.78. The Morgan fingerprint density at radius 2 is 2.12 bits per heavy atom. The van der Waals surface area contributed by atoms with Crippen LogP contribution in [0.15, 0.2) is 0 Å². The molecule has 0 aromatic rings. The molecule has 0 bridgehead atoms. The van der Waals surface area contributed by atoms with Gasteiger partial charge in [-0.15, -0.1) is 0 Å². The second-order valence-corrected chi connectivity index (χ2v) is 4.86. The summed E-state index contributed by atoms with van der Waals surface area (Å²) in [7, 11) is 2.05. The van der Waals surface area contributed by atoms with Crippen LogP contribution in [0.5, 0.6) is 0 Å². The highest BCUT2D eigenvalue weighted by Crippen LogP contribution is 2.06. The maximum atomic E-state index is 11.7. The molecule has 1 aliphatic rings. The molecule has 1 amide bonds. The minimum absolute atomic E-state index is 0.130. The molecule has 1 aliphatic heterocycles. The molecular formula is C12H26N4O. The normalized spacial score (nSPS) is 18.6. The Balaban J connectivity index is 2.08. The van der Waals surface area contributed by atoms with E-state index in [0.29, 0.717) is 12.6 Å². The van der Waals surface area contributed by atoms with Gasteiger partial charge in [0.1, 0.15) is 0 Å². The smallest absolute Gasteiger partial charge is 0.234 e. The monoisotopic (exact) mass is 242 g/mol. The van der Waals surface area contributed by atoms with E-state index in [1.807, 2.05) is 0 Å². The quantitative estimate of drug-likeness (QED) is 0.658. The summed E-state index contributed by atoms with van der Waals surface area (Å²) in [6.45, 7) is 7.18. The van der Waals surface area contributed by atoms with Crippen LogP contribution >= 0.6 is 0 Å². The standard InChI is InChI=1S/C12H26N4O/c1-3-15(2)9-6-14-12(17)10-16-7-4-11(13)5-8-16/h11H,3-10,13H2,1-2H3,(H,14,17). The van der Waals surface area contributed by atoms with E-state index in [9.17, 15) is 4.79 Å². The summed E-state index contributed by atoms with van der Waals surface area (Å²) >= 11 is 0. The van der Waals surface area contributed by atoms with Crippen LogP contribution in [0, 0.1) is 0 Å². The maximum Gasteiger partial charge on any atom is 0.234 e.